The van der Waals surface area contributed by atoms with Gasteiger partial charge in [-0.15, -0.1) is 11.3 Å². The number of aromatic nitrogens is 1. The van der Waals surface area contributed by atoms with Crippen LogP contribution < -0.4 is 10.6 Å². The van der Waals surface area contributed by atoms with Gasteiger partial charge in [0, 0.05) is 29.0 Å². The summed E-state index contributed by atoms with van der Waals surface area (Å²) >= 11 is 1.48. The first-order valence-corrected chi connectivity index (χ1v) is 13.9. The molecule has 2 heterocycles. The van der Waals surface area contributed by atoms with Gasteiger partial charge in [0.25, 0.3) is 0 Å². The molecule has 1 aromatic heterocycles. The number of benzene rings is 3. The lowest BCUT2D eigenvalue weighted by Gasteiger charge is -2.36. The number of fused-ring (bicyclic) bond motifs is 1. The topological polar surface area (TPSA) is 112 Å². The minimum Gasteiger partial charge on any atom is -0.481 e. The van der Waals surface area contributed by atoms with E-state index in [9.17, 15) is 14.4 Å². The first kappa shape index (κ1) is 27.1. The monoisotopic (exact) mass is 554 g/mol. The molecule has 0 saturated heterocycles. The molecule has 9 heteroatoms. The largest absolute Gasteiger partial charge is 0.481 e. The number of nitrogens with zero attached hydrogens (tertiary/aromatic N) is 2. The summed E-state index contributed by atoms with van der Waals surface area (Å²) in [6.45, 7) is 2.42. The molecule has 0 aliphatic carbocycles. The number of anilines is 2. The number of rotatable bonds is 8. The van der Waals surface area contributed by atoms with Crippen LogP contribution >= 0.6 is 11.3 Å². The van der Waals surface area contributed by atoms with Gasteiger partial charge < -0.3 is 20.6 Å². The van der Waals surface area contributed by atoms with Crippen molar-refractivity contribution in [3.8, 4) is 0 Å². The van der Waals surface area contributed by atoms with Crippen LogP contribution in [-0.4, -0.2) is 32.9 Å². The number of carboxylic acid groups (broad SMARTS) is 1. The second-order valence-electron chi connectivity index (χ2n) is 9.84. The van der Waals surface area contributed by atoms with E-state index in [0.717, 1.165) is 32.3 Å². The highest BCUT2D eigenvalue weighted by molar-refractivity contribution is 7.11. The maximum absolute atomic E-state index is 13.6. The number of carbonyl (C=O) groups excluding carboxylic acids is 2. The SMILES string of the molecule is Cc1ccccc1NC(=O)Nc1ccc(CC(=O)N2Cc3ccccc3CC2c2ncc(CCC(=O)O)s2)cc1. The van der Waals surface area contributed by atoms with Crippen molar-refractivity contribution >= 4 is 40.6 Å². The number of para-hydroxylation sites is 1. The third kappa shape index (κ3) is 6.55. The molecule has 1 atom stereocenters. The summed E-state index contributed by atoms with van der Waals surface area (Å²) < 4.78 is 0. The first-order valence-electron chi connectivity index (χ1n) is 13.1. The molecule has 3 aromatic carbocycles. The minimum atomic E-state index is -0.841. The minimum absolute atomic E-state index is 0.0141. The first-order chi connectivity index (χ1) is 19.4. The molecule has 40 heavy (non-hydrogen) atoms. The van der Waals surface area contributed by atoms with E-state index in [1.54, 1.807) is 18.3 Å². The lowest BCUT2D eigenvalue weighted by molar-refractivity contribution is -0.137. The number of nitrogens with one attached hydrogen (secondary N) is 2. The van der Waals surface area contributed by atoms with Crippen LogP contribution in [0.5, 0.6) is 0 Å². The zero-order chi connectivity index (χ0) is 28.1. The van der Waals surface area contributed by atoms with Gasteiger partial charge in [0.2, 0.25) is 5.91 Å². The normalized spacial score (nSPS) is 14.3. The summed E-state index contributed by atoms with van der Waals surface area (Å²) in [6, 6.07) is 22.4. The lowest BCUT2D eigenvalue weighted by Crippen LogP contribution is -2.39. The molecule has 3 N–H and O–H groups in total. The number of aliphatic carboxylic acids is 1. The maximum Gasteiger partial charge on any atom is 0.323 e. The molecule has 0 bridgehead atoms. The van der Waals surface area contributed by atoms with Crippen molar-refractivity contribution in [2.24, 2.45) is 0 Å². The fraction of sp³-hybridized carbons (Fsp3) is 0.226. The number of urea groups is 1. The third-order valence-corrected chi connectivity index (χ3v) is 8.13. The predicted molar refractivity (Wildman–Crippen MR) is 155 cm³/mol. The quantitative estimate of drug-likeness (QED) is 0.248. The van der Waals surface area contributed by atoms with Crippen molar-refractivity contribution in [2.75, 3.05) is 10.6 Å². The van der Waals surface area contributed by atoms with Gasteiger partial charge >= 0.3 is 12.0 Å². The predicted octanol–water partition coefficient (Wildman–Crippen LogP) is 5.98. The van der Waals surface area contributed by atoms with Gasteiger partial charge in [0.1, 0.15) is 5.01 Å². The summed E-state index contributed by atoms with van der Waals surface area (Å²) in [5, 5.41) is 15.5. The Morgan fingerprint density at radius 2 is 1.70 bits per heavy atom. The molecule has 8 nitrogen and oxygen atoms in total. The molecule has 0 fully saturated rings. The van der Waals surface area contributed by atoms with E-state index >= 15 is 0 Å². The summed E-state index contributed by atoms with van der Waals surface area (Å²) in [6.07, 6.45) is 3.08. The number of carbonyl (C=O) groups is 3. The van der Waals surface area contributed by atoms with Gasteiger partial charge in [-0.05, 0) is 60.2 Å². The Kier molecular flexibility index (Phi) is 8.21. The summed E-state index contributed by atoms with van der Waals surface area (Å²) in [4.78, 5) is 44.4. The second kappa shape index (κ2) is 12.1. The van der Waals surface area contributed by atoms with Gasteiger partial charge in [0.05, 0.1) is 18.9 Å². The summed E-state index contributed by atoms with van der Waals surface area (Å²) in [7, 11) is 0. The second-order valence-corrected chi connectivity index (χ2v) is 11.0. The van der Waals surface area contributed by atoms with Crippen molar-refractivity contribution in [1.29, 1.82) is 0 Å². The van der Waals surface area contributed by atoms with Gasteiger partial charge in [-0.25, -0.2) is 9.78 Å². The van der Waals surface area contributed by atoms with Crippen LogP contribution in [-0.2, 0) is 35.4 Å². The molecule has 204 valence electrons. The number of amides is 3. The highest BCUT2D eigenvalue weighted by Crippen LogP contribution is 2.36. The molecular formula is C31H30N4O4S. The van der Waals surface area contributed by atoms with Crippen LogP contribution in [0.15, 0.2) is 79.0 Å². The Bertz CT molecular complexity index is 1530. The van der Waals surface area contributed by atoms with Crippen molar-refractivity contribution in [3.05, 3.63) is 111 Å². The van der Waals surface area contributed by atoms with E-state index in [1.165, 1.54) is 16.9 Å². The molecule has 1 aliphatic heterocycles. The van der Waals surface area contributed by atoms with E-state index in [-0.39, 0.29) is 30.8 Å². The number of aryl methyl sites for hydroxylation is 2. The fourth-order valence-corrected chi connectivity index (χ4v) is 5.84. The number of hydrogen-bond acceptors (Lipinski definition) is 5. The number of carboxylic acids is 1. The Morgan fingerprint density at radius 3 is 2.45 bits per heavy atom. The van der Waals surface area contributed by atoms with Crippen LogP contribution in [0.4, 0.5) is 16.2 Å². The van der Waals surface area contributed by atoms with Crippen LogP contribution in [0, 0.1) is 6.92 Å². The zero-order valence-corrected chi connectivity index (χ0v) is 22.9. The zero-order valence-electron chi connectivity index (χ0n) is 22.1. The van der Waals surface area contributed by atoms with Gasteiger partial charge in [-0.2, -0.15) is 0 Å². The third-order valence-electron chi connectivity index (χ3n) is 6.97. The Balaban J connectivity index is 1.27. The Morgan fingerprint density at radius 1 is 0.975 bits per heavy atom. The van der Waals surface area contributed by atoms with Crippen LogP contribution in [0.25, 0.3) is 0 Å². The van der Waals surface area contributed by atoms with E-state index in [4.69, 9.17) is 5.11 Å². The standard InChI is InChI=1S/C31H30N4O4S/c1-20-6-2-5-9-26(20)34-31(39)33-24-12-10-21(11-13-24)16-28(36)35-19-23-8-4-3-7-22(23)17-27(35)30-32-18-25(40-30)14-15-29(37)38/h2-13,18,27H,14-17,19H2,1H3,(H,37,38)(H2,33,34,39). The van der Waals surface area contributed by atoms with Crippen molar-refractivity contribution < 1.29 is 19.5 Å². The highest BCUT2D eigenvalue weighted by Gasteiger charge is 2.32. The Hall–Kier alpha value is -4.50. The van der Waals surface area contributed by atoms with E-state index in [2.05, 4.69) is 27.8 Å². The molecule has 0 radical (unpaired) electrons. The molecule has 5 rings (SSSR count). The van der Waals surface area contributed by atoms with Crippen LogP contribution in [0.3, 0.4) is 0 Å². The summed E-state index contributed by atoms with van der Waals surface area (Å²) in [5.74, 6) is -0.855. The molecule has 1 unspecified atom stereocenters. The summed E-state index contributed by atoms with van der Waals surface area (Å²) in [5.41, 5.74) is 5.50. The smallest absolute Gasteiger partial charge is 0.323 e. The molecule has 1 aliphatic rings. The van der Waals surface area contributed by atoms with E-state index in [1.807, 2.05) is 60.4 Å². The highest BCUT2D eigenvalue weighted by atomic mass is 32.1. The maximum atomic E-state index is 13.6. The molecule has 3 amide bonds. The van der Waals surface area contributed by atoms with Crippen LogP contribution in [0.2, 0.25) is 0 Å². The van der Waals surface area contributed by atoms with Crippen molar-refractivity contribution in [2.45, 2.75) is 45.2 Å². The molecule has 0 spiro atoms. The fourth-order valence-electron chi connectivity index (χ4n) is 4.81. The van der Waals surface area contributed by atoms with Crippen LogP contribution in [0.1, 0.15) is 44.6 Å². The average Bonchev–Trinajstić information content (AvgIpc) is 3.42. The average molecular weight is 555 g/mol. The number of hydrogen-bond donors (Lipinski definition) is 3. The molecule has 4 aromatic rings. The van der Waals surface area contributed by atoms with Gasteiger partial charge in [-0.3, -0.25) is 9.59 Å². The van der Waals surface area contributed by atoms with Gasteiger partial charge in [0.15, 0.2) is 0 Å². The van der Waals surface area contributed by atoms with Gasteiger partial charge in [-0.1, -0.05) is 54.6 Å². The Labute approximate surface area is 236 Å². The van der Waals surface area contributed by atoms with Crippen molar-refractivity contribution in [1.82, 2.24) is 9.88 Å². The van der Waals surface area contributed by atoms with Crippen molar-refractivity contribution in [3.63, 3.8) is 0 Å². The number of thiazole rings is 1. The van der Waals surface area contributed by atoms with E-state index < -0.39 is 5.97 Å². The lowest BCUT2D eigenvalue weighted by atomic mass is 9.93. The van der Waals surface area contributed by atoms with E-state index in [0.29, 0.717) is 25.1 Å². The molecule has 0 saturated carbocycles. The molecular weight excluding hydrogens is 524 g/mol.